The second-order valence-electron chi connectivity index (χ2n) is 3.44. The highest BCUT2D eigenvalue weighted by molar-refractivity contribution is 9.10. The van der Waals surface area contributed by atoms with Gasteiger partial charge in [-0.15, -0.1) is 11.3 Å². The number of nitrogens with one attached hydrogen (secondary N) is 1. The van der Waals surface area contributed by atoms with Gasteiger partial charge in [-0.25, -0.2) is 4.98 Å². The van der Waals surface area contributed by atoms with Crippen molar-refractivity contribution in [3.8, 4) is 0 Å². The van der Waals surface area contributed by atoms with Gasteiger partial charge in [0.25, 0.3) is 0 Å². The fourth-order valence-electron chi connectivity index (χ4n) is 1.38. The van der Waals surface area contributed by atoms with Crippen molar-refractivity contribution in [2.45, 2.75) is 19.9 Å². The maximum atomic E-state index is 4.17. The summed E-state index contributed by atoms with van der Waals surface area (Å²) in [6.45, 7) is 3.05. The van der Waals surface area contributed by atoms with Gasteiger partial charge >= 0.3 is 0 Å². The minimum absolute atomic E-state index is 0.863. The van der Waals surface area contributed by atoms with Gasteiger partial charge in [-0.1, -0.05) is 6.92 Å². The van der Waals surface area contributed by atoms with E-state index < -0.39 is 0 Å². The monoisotopic (exact) mass is 296 g/mol. The third-order valence-electron chi connectivity index (χ3n) is 2.26. The van der Waals surface area contributed by atoms with E-state index in [1.807, 2.05) is 29.7 Å². The minimum Gasteiger partial charge on any atom is -0.379 e. The van der Waals surface area contributed by atoms with Crippen LogP contribution in [0.4, 0.5) is 5.69 Å². The Balaban J connectivity index is 1.94. The lowest BCUT2D eigenvalue weighted by Gasteiger charge is -2.03. The fourth-order valence-corrected chi connectivity index (χ4v) is 2.51. The van der Waals surface area contributed by atoms with E-state index >= 15 is 0 Å². The van der Waals surface area contributed by atoms with Gasteiger partial charge < -0.3 is 5.32 Å². The van der Waals surface area contributed by atoms with Crippen LogP contribution < -0.4 is 5.32 Å². The molecule has 84 valence electrons. The Morgan fingerprint density at radius 2 is 2.06 bits per heavy atom. The highest BCUT2D eigenvalue weighted by atomic mass is 79.9. The largest absolute Gasteiger partial charge is 0.379 e. The number of anilines is 1. The van der Waals surface area contributed by atoms with Gasteiger partial charge in [0.05, 0.1) is 11.9 Å². The molecule has 2 rings (SSSR count). The summed E-state index contributed by atoms with van der Waals surface area (Å²) >= 11 is 5.18. The van der Waals surface area contributed by atoms with Crippen LogP contribution in [0.25, 0.3) is 0 Å². The van der Waals surface area contributed by atoms with E-state index in [9.17, 15) is 0 Å². The van der Waals surface area contributed by atoms with E-state index in [-0.39, 0.29) is 0 Å². The first-order chi connectivity index (χ1) is 7.78. The first-order valence-corrected chi connectivity index (χ1v) is 6.82. The van der Waals surface area contributed by atoms with Crippen molar-refractivity contribution < 1.29 is 0 Å². The van der Waals surface area contributed by atoms with Crippen LogP contribution in [0.2, 0.25) is 0 Å². The quantitative estimate of drug-likeness (QED) is 0.860. The van der Waals surface area contributed by atoms with Crippen LogP contribution in [0, 0.1) is 0 Å². The molecule has 16 heavy (non-hydrogen) atoms. The predicted molar refractivity (Wildman–Crippen MR) is 73.0 cm³/mol. The smallest absolute Gasteiger partial charge is 0.106 e. The van der Waals surface area contributed by atoms with Crippen LogP contribution >= 0.6 is 27.3 Å². The van der Waals surface area contributed by atoms with E-state index in [1.54, 1.807) is 0 Å². The number of thiophene rings is 1. The molecule has 0 radical (unpaired) electrons. The molecule has 0 aliphatic heterocycles. The number of hydrogen-bond acceptors (Lipinski definition) is 3. The minimum atomic E-state index is 0.863. The molecule has 0 spiro atoms. The molecule has 0 saturated heterocycles. The van der Waals surface area contributed by atoms with Crippen LogP contribution in [-0.2, 0) is 13.0 Å². The zero-order chi connectivity index (χ0) is 11.4. The second-order valence-corrected chi connectivity index (χ2v) is 5.51. The molecule has 4 heteroatoms. The molecule has 2 aromatic heterocycles. The SMILES string of the molecule is CCc1ccc(CNc2ccc(Br)nc2)s1. The fraction of sp³-hybridized carbons (Fsp3) is 0.250. The number of pyridine rings is 1. The van der Waals surface area contributed by atoms with Crippen LogP contribution in [0.3, 0.4) is 0 Å². The standard InChI is InChI=1S/C12H13BrN2S/c1-2-10-4-5-11(16-10)8-14-9-3-6-12(13)15-7-9/h3-7,14H,2,8H2,1H3. The van der Waals surface area contributed by atoms with Gasteiger partial charge in [-0.2, -0.15) is 0 Å². The molecule has 0 aliphatic rings. The molecule has 2 nitrogen and oxygen atoms in total. The molecule has 0 aromatic carbocycles. The van der Waals surface area contributed by atoms with Crippen molar-refractivity contribution in [3.05, 3.63) is 44.8 Å². The Labute approximate surface area is 108 Å². The lowest BCUT2D eigenvalue weighted by Crippen LogP contribution is -1.97. The molecule has 0 bridgehead atoms. The first kappa shape index (κ1) is 11.6. The lowest BCUT2D eigenvalue weighted by molar-refractivity contribution is 1.16. The van der Waals surface area contributed by atoms with Gasteiger partial charge in [-0.3, -0.25) is 0 Å². The normalized spacial score (nSPS) is 10.4. The summed E-state index contributed by atoms with van der Waals surface area (Å²) < 4.78 is 0.863. The molecule has 2 heterocycles. The zero-order valence-corrected chi connectivity index (χ0v) is 11.4. The number of rotatable bonds is 4. The third-order valence-corrected chi connectivity index (χ3v) is 3.96. The molecular formula is C12H13BrN2S. The van der Waals surface area contributed by atoms with Crippen molar-refractivity contribution >= 4 is 33.0 Å². The summed E-state index contributed by atoms with van der Waals surface area (Å²) in [5, 5.41) is 3.35. The Bertz CT molecular complexity index is 450. The maximum Gasteiger partial charge on any atom is 0.106 e. The molecule has 0 aliphatic carbocycles. The van der Waals surface area contributed by atoms with E-state index in [2.05, 4.69) is 45.3 Å². The van der Waals surface area contributed by atoms with Gasteiger partial charge in [0.15, 0.2) is 0 Å². The third kappa shape index (κ3) is 3.06. The number of halogens is 1. The van der Waals surface area contributed by atoms with Crippen molar-refractivity contribution in [3.63, 3.8) is 0 Å². The highest BCUT2D eigenvalue weighted by Gasteiger charge is 1.98. The van der Waals surface area contributed by atoms with Crippen LogP contribution in [0.5, 0.6) is 0 Å². The zero-order valence-electron chi connectivity index (χ0n) is 9.03. The molecule has 0 saturated carbocycles. The Kier molecular flexibility index (Phi) is 3.96. The Morgan fingerprint density at radius 3 is 2.69 bits per heavy atom. The van der Waals surface area contributed by atoms with Gasteiger partial charge in [0.1, 0.15) is 4.60 Å². The summed E-state index contributed by atoms with van der Waals surface area (Å²) in [7, 11) is 0. The average molecular weight is 297 g/mol. The van der Waals surface area contributed by atoms with E-state index in [4.69, 9.17) is 0 Å². The van der Waals surface area contributed by atoms with Crippen LogP contribution in [0.1, 0.15) is 16.7 Å². The Morgan fingerprint density at radius 1 is 1.25 bits per heavy atom. The molecule has 2 aromatic rings. The number of aryl methyl sites for hydroxylation is 1. The number of nitrogens with zero attached hydrogens (tertiary/aromatic N) is 1. The molecule has 0 unspecified atom stereocenters. The van der Waals surface area contributed by atoms with Crippen LogP contribution in [-0.4, -0.2) is 4.98 Å². The van der Waals surface area contributed by atoms with E-state index in [0.717, 1.165) is 23.3 Å². The van der Waals surface area contributed by atoms with E-state index in [0.29, 0.717) is 0 Å². The summed E-state index contributed by atoms with van der Waals surface area (Å²) in [6.07, 6.45) is 2.95. The van der Waals surface area contributed by atoms with Crippen molar-refractivity contribution in [2.75, 3.05) is 5.32 Å². The average Bonchev–Trinajstić information content (AvgIpc) is 2.76. The summed E-state index contributed by atoms with van der Waals surface area (Å²) in [5.41, 5.74) is 1.05. The summed E-state index contributed by atoms with van der Waals surface area (Å²) in [4.78, 5) is 6.97. The van der Waals surface area contributed by atoms with Crippen molar-refractivity contribution in [2.24, 2.45) is 0 Å². The topological polar surface area (TPSA) is 24.9 Å². The molecule has 1 N–H and O–H groups in total. The molecular weight excluding hydrogens is 284 g/mol. The highest BCUT2D eigenvalue weighted by Crippen LogP contribution is 2.18. The molecule has 0 amide bonds. The maximum absolute atomic E-state index is 4.17. The van der Waals surface area contributed by atoms with Crippen molar-refractivity contribution in [1.82, 2.24) is 4.98 Å². The number of aromatic nitrogens is 1. The second kappa shape index (κ2) is 5.46. The summed E-state index contributed by atoms with van der Waals surface area (Å²) in [6, 6.07) is 8.34. The Hall–Kier alpha value is -0.870. The van der Waals surface area contributed by atoms with Crippen molar-refractivity contribution in [1.29, 1.82) is 0 Å². The lowest BCUT2D eigenvalue weighted by atomic mass is 10.3. The predicted octanol–water partition coefficient (Wildman–Crippen LogP) is 4.08. The van der Waals surface area contributed by atoms with Crippen LogP contribution in [0.15, 0.2) is 35.1 Å². The number of hydrogen-bond donors (Lipinski definition) is 1. The van der Waals surface area contributed by atoms with Gasteiger partial charge in [-0.05, 0) is 46.6 Å². The summed E-state index contributed by atoms with van der Waals surface area (Å²) in [5.74, 6) is 0. The molecule has 0 atom stereocenters. The van der Waals surface area contributed by atoms with Gasteiger partial charge in [0, 0.05) is 16.3 Å². The van der Waals surface area contributed by atoms with E-state index in [1.165, 1.54) is 9.75 Å². The van der Waals surface area contributed by atoms with Gasteiger partial charge in [0.2, 0.25) is 0 Å². The molecule has 0 fully saturated rings. The first-order valence-electron chi connectivity index (χ1n) is 5.21.